The lowest BCUT2D eigenvalue weighted by Crippen LogP contribution is -2.41. The van der Waals surface area contributed by atoms with E-state index in [0.717, 1.165) is 45.8 Å². The molecule has 0 bridgehead atoms. The van der Waals surface area contributed by atoms with E-state index in [1.54, 1.807) is 17.0 Å². The molecule has 168 valence electrons. The molecule has 2 fully saturated rings. The molecule has 1 aliphatic heterocycles. The van der Waals surface area contributed by atoms with E-state index in [1.165, 1.54) is 6.42 Å². The molecule has 32 heavy (non-hydrogen) atoms. The molecule has 0 atom stereocenters. The molecule has 0 spiro atoms. The van der Waals surface area contributed by atoms with Crippen LogP contribution in [0.5, 0.6) is 5.75 Å². The van der Waals surface area contributed by atoms with Crippen LogP contribution >= 0.6 is 67.3 Å². The molecule has 4 rings (SSSR count). The van der Waals surface area contributed by atoms with Gasteiger partial charge in [0.15, 0.2) is 5.11 Å². The predicted octanol–water partition coefficient (Wildman–Crippen LogP) is 7.49. The third kappa shape index (κ3) is 5.33. The van der Waals surface area contributed by atoms with Crippen molar-refractivity contribution in [2.45, 2.75) is 44.8 Å². The van der Waals surface area contributed by atoms with Gasteiger partial charge in [0.1, 0.15) is 18.1 Å². The Morgan fingerprint density at radius 1 is 1.12 bits per heavy atom. The van der Waals surface area contributed by atoms with Crippen LogP contribution in [0.4, 0.5) is 0 Å². The summed E-state index contributed by atoms with van der Waals surface area (Å²) < 4.78 is 7.48. The fraction of sp³-hybridized carbons (Fsp3) is 0.304. The van der Waals surface area contributed by atoms with Gasteiger partial charge < -0.3 is 10.1 Å². The monoisotopic (exact) mass is 616 g/mol. The standard InChI is InChI=1S/C23H20Br2Cl2N2O2S/c24-17-8-13(9-18(25)21(17)31-12-14-6-7-15(26)11-19(14)27)10-20-22(30)29(23(32)28-20)16-4-2-1-3-5-16/h6-11,16H,1-5,12H2,(H,28,32)/b20-10-. The van der Waals surface area contributed by atoms with Gasteiger partial charge in [-0.2, -0.15) is 0 Å². The van der Waals surface area contributed by atoms with E-state index in [0.29, 0.717) is 26.6 Å². The van der Waals surface area contributed by atoms with Crippen molar-refractivity contribution < 1.29 is 9.53 Å². The molecule has 9 heteroatoms. The number of ether oxygens (including phenoxy) is 1. The van der Waals surface area contributed by atoms with Crippen LogP contribution in [0.15, 0.2) is 45.0 Å². The molecule has 2 aromatic rings. The Morgan fingerprint density at radius 3 is 2.47 bits per heavy atom. The lowest BCUT2D eigenvalue weighted by atomic mass is 9.94. The molecular formula is C23H20Br2Cl2N2O2S. The summed E-state index contributed by atoms with van der Waals surface area (Å²) in [5, 5.41) is 4.71. The highest BCUT2D eigenvalue weighted by atomic mass is 79.9. The van der Waals surface area contributed by atoms with Gasteiger partial charge >= 0.3 is 0 Å². The number of carbonyl (C=O) groups is 1. The highest BCUT2D eigenvalue weighted by Crippen LogP contribution is 2.37. The topological polar surface area (TPSA) is 41.6 Å². The Labute approximate surface area is 219 Å². The van der Waals surface area contributed by atoms with E-state index in [4.69, 9.17) is 40.2 Å². The quantitative estimate of drug-likeness (QED) is 0.279. The van der Waals surface area contributed by atoms with E-state index in [9.17, 15) is 4.79 Å². The maximum absolute atomic E-state index is 13.0. The average molecular weight is 619 g/mol. The van der Waals surface area contributed by atoms with Crippen LogP contribution in [-0.2, 0) is 11.4 Å². The molecule has 0 aromatic heterocycles. The summed E-state index contributed by atoms with van der Waals surface area (Å²) in [4.78, 5) is 14.8. The van der Waals surface area contributed by atoms with Crippen molar-refractivity contribution in [3.8, 4) is 5.75 Å². The molecule has 0 radical (unpaired) electrons. The minimum Gasteiger partial charge on any atom is -0.486 e. The molecule has 1 saturated carbocycles. The first-order chi connectivity index (χ1) is 15.3. The van der Waals surface area contributed by atoms with Crippen molar-refractivity contribution >= 4 is 84.4 Å². The maximum Gasteiger partial charge on any atom is 0.276 e. The lowest BCUT2D eigenvalue weighted by molar-refractivity contribution is -0.124. The van der Waals surface area contributed by atoms with Gasteiger partial charge in [-0.25, -0.2) is 0 Å². The predicted molar refractivity (Wildman–Crippen MR) is 140 cm³/mol. The molecule has 1 N–H and O–H groups in total. The number of hydrogen-bond acceptors (Lipinski definition) is 3. The van der Waals surface area contributed by atoms with Crippen molar-refractivity contribution in [3.05, 3.63) is 66.1 Å². The number of carbonyl (C=O) groups excluding carboxylic acids is 1. The Morgan fingerprint density at radius 2 is 1.81 bits per heavy atom. The highest BCUT2D eigenvalue weighted by molar-refractivity contribution is 9.11. The van der Waals surface area contributed by atoms with Crippen molar-refractivity contribution in [1.29, 1.82) is 0 Å². The Hall–Kier alpha value is -1.12. The van der Waals surface area contributed by atoms with Crippen LogP contribution in [0.1, 0.15) is 43.2 Å². The molecule has 1 heterocycles. The van der Waals surface area contributed by atoms with Crippen LogP contribution in [0.3, 0.4) is 0 Å². The number of hydrogen-bond donors (Lipinski definition) is 1. The smallest absolute Gasteiger partial charge is 0.276 e. The van der Waals surface area contributed by atoms with E-state index in [2.05, 4.69) is 37.2 Å². The zero-order valence-electron chi connectivity index (χ0n) is 17.0. The van der Waals surface area contributed by atoms with Crippen LogP contribution in [-0.4, -0.2) is 22.0 Å². The SMILES string of the molecule is O=C1/C(=C/c2cc(Br)c(OCc3ccc(Cl)cc3Cl)c(Br)c2)NC(=S)N1C1CCCCC1. The molecular weight excluding hydrogens is 599 g/mol. The second kappa shape index (κ2) is 10.4. The summed E-state index contributed by atoms with van der Waals surface area (Å²) in [6, 6.07) is 9.29. The van der Waals surface area contributed by atoms with Gasteiger partial charge in [0.25, 0.3) is 5.91 Å². The zero-order chi connectivity index (χ0) is 22.8. The molecule has 1 aliphatic carbocycles. The minimum absolute atomic E-state index is 0.0631. The van der Waals surface area contributed by atoms with Gasteiger partial charge in [-0.3, -0.25) is 9.69 Å². The van der Waals surface area contributed by atoms with E-state index in [1.807, 2.05) is 24.3 Å². The fourth-order valence-corrected chi connectivity index (χ4v) is 6.23. The first-order valence-corrected chi connectivity index (χ1v) is 13.0. The maximum atomic E-state index is 13.0. The number of amides is 1. The van der Waals surface area contributed by atoms with Crippen molar-refractivity contribution in [1.82, 2.24) is 10.2 Å². The summed E-state index contributed by atoms with van der Waals surface area (Å²) in [5.74, 6) is 0.579. The summed E-state index contributed by atoms with van der Waals surface area (Å²) in [7, 11) is 0. The number of benzene rings is 2. The molecule has 0 unspecified atom stereocenters. The van der Waals surface area contributed by atoms with Crippen molar-refractivity contribution in [2.24, 2.45) is 0 Å². The molecule has 2 aromatic carbocycles. The summed E-state index contributed by atoms with van der Waals surface area (Å²) in [6.45, 7) is 0.290. The number of nitrogens with zero attached hydrogens (tertiary/aromatic N) is 1. The van der Waals surface area contributed by atoms with E-state index in [-0.39, 0.29) is 18.6 Å². The van der Waals surface area contributed by atoms with Crippen LogP contribution < -0.4 is 10.1 Å². The first-order valence-electron chi connectivity index (χ1n) is 10.3. The Kier molecular flexibility index (Phi) is 7.83. The molecule has 2 aliphatic rings. The lowest BCUT2D eigenvalue weighted by Gasteiger charge is -2.29. The van der Waals surface area contributed by atoms with E-state index < -0.39 is 0 Å². The van der Waals surface area contributed by atoms with Gasteiger partial charge in [-0.15, -0.1) is 0 Å². The normalized spacial score (nSPS) is 18.4. The van der Waals surface area contributed by atoms with Crippen LogP contribution in [0, 0.1) is 0 Å². The number of halogens is 4. The minimum atomic E-state index is -0.0631. The molecule has 4 nitrogen and oxygen atoms in total. The van der Waals surface area contributed by atoms with Gasteiger partial charge in [0, 0.05) is 21.7 Å². The molecule has 1 saturated heterocycles. The first kappa shape index (κ1) is 24.0. The van der Waals surface area contributed by atoms with Gasteiger partial charge in [-0.1, -0.05) is 48.5 Å². The van der Waals surface area contributed by atoms with E-state index >= 15 is 0 Å². The largest absolute Gasteiger partial charge is 0.486 e. The van der Waals surface area contributed by atoms with Crippen molar-refractivity contribution in [2.75, 3.05) is 0 Å². The third-order valence-corrected chi connectivity index (χ3v) is 7.63. The summed E-state index contributed by atoms with van der Waals surface area (Å²) >= 11 is 24.8. The third-order valence-electron chi connectivity index (χ3n) is 5.57. The van der Waals surface area contributed by atoms with Crippen LogP contribution in [0.25, 0.3) is 6.08 Å². The zero-order valence-corrected chi connectivity index (χ0v) is 22.5. The fourth-order valence-electron chi connectivity index (χ4n) is 3.98. The second-order valence-electron chi connectivity index (χ2n) is 7.79. The average Bonchev–Trinajstić information content (AvgIpc) is 3.02. The Balaban J connectivity index is 1.51. The van der Waals surface area contributed by atoms with Gasteiger partial charge in [0.05, 0.1) is 8.95 Å². The second-order valence-corrected chi connectivity index (χ2v) is 10.7. The number of nitrogens with one attached hydrogen (secondary N) is 1. The molecule has 1 amide bonds. The summed E-state index contributed by atoms with van der Waals surface area (Å²) in [6.07, 6.45) is 7.32. The number of rotatable bonds is 5. The van der Waals surface area contributed by atoms with Crippen molar-refractivity contribution in [3.63, 3.8) is 0 Å². The number of thiocarbonyl (C=S) groups is 1. The van der Waals surface area contributed by atoms with Gasteiger partial charge in [-0.05, 0) is 92.8 Å². The highest BCUT2D eigenvalue weighted by Gasteiger charge is 2.36. The Bertz CT molecular complexity index is 1080. The summed E-state index contributed by atoms with van der Waals surface area (Å²) in [5.41, 5.74) is 2.16. The van der Waals surface area contributed by atoms with Crippen LogP contribution in [0.2, 0.25) is 10.0 Å². The van der Waals surface area contributed by atoms with Gasteiger partial charge in [0.2, 0.25) is 0 Å².